The number of aromatic nitrogens is 4. The number of halogens is 2. The number of carbonyl (C=O) groups excluding carboxylic acids is 1. The van der Waals surface area contributed by atoms with Crippen molar-refractivity contribution in [3.8, 4) is 11.8 Å². The lowest BCUT2D eigenvalue weighted by atomic mass is 9.92. The molecule has 2 aromatic heterocycles. The molecule has 2 aromatic rings. The van der Waals surface area contributed by atoms with Crippen LogP contribution in [0.5, 0.6) is 5.88 Å². The topological polar surface area (TPSA) is 115 Å². The van der Waals surface area contributed by atoms with Crippen LogP contribution in [0.15, 0.2) is 18.3 Å². The van der Waals surface area contributed by atoms with Gasteiger partial charge in [0.05, 0.1) is 11.8 Å². The zero-order chi connectivity index (χ0) is 22.0. The molecule has 1 aliphatic carbocycles. The van der Waals surface area contributed by atoms with Crippen molar-refractivity contribution < 1.29 is 28.5 Å². The molecule has 0 bridgehead atoms. The van der Waals surface area contributed by atoms with Gasteiger partial charge in [0.15, 0.2) is 0 Å². The number of hydrogen-bond donors (Lipinski definition) is 2. The molecule has 1 amide bonds. The van der Waals surface area contributed by atoms with E-state index >= 15 is 0 Å². The van der Waals surface area contributed by atoms with Gasteiger partial charge < -0.3 is 15.3 Å². The Kier molecular flexibility index (Phi) is 5.90. The lowest BCUT2D eigenvalue weighted by Crippen LogP contribution is -2.42. The number of amides is 1. The summed E-state index contributed by atoms with van der Waals surface area (Å²) in [6.07, 6.45) is 1.27. The van der Waals surface area contributed by atoms with Crippen molar-refractivity contribution in [1.29, 1.82) is 0 Å². The fraction of sp³-hybridized carbons (Fsp3) is 0.579. The Morgan fingerprint density at radius 3 is 2.68 bits per heavy atom. The number of nitrogens with zero attached hydrogens (tertiary/aromatic N) is 5. The summed E-state index contributed by atoms with van der Waals surface area (Å²) in [6, 6.07) is 2.85. The van der Waals surface area contributed by atoms with Crippen molar-refractivity contribution in [3.05, 3.63) is 24.0 Å². The Hall–Kier alpha value is -3.02. The molecule has 12 heteroatoms. The van der Waals surface area contributed by atoms with Crippen LogP contribution < -0.4 is 10.2 Å². The minimum Gasteiger partial charge on any atom is -0.387 e. The highest BCUT2D eigenvalue weighted by Crippen LogP contribution is 2.34. The number of alkyl halides is 2. The first-order valence-electron chi connectivity index (χ1n) is 10.2. The van der Waals surface area contributed by atoms with Crippen LogP contribution in [0.2, 0.25) is 0 Å². The highest BCUT2D eigenvalue weighted by molar-refractivity contribution is 5.67. The third-order valence-corrected chi connectivity index (χ3v) is 5.32. The fourth-order valence-corrected chi connectivity index (χ4v) is 3.33. The van der Waals surface area contributed by atoms with Crippen LogP contribution in [-0.2, 0) is 4.89 Å². The second-order valence-corrected chi connectivity index (χ2v) is 7.80. The molecule has 10 nitrogen and oxygen atoms in total. The van der Waals surface area contributed by atoms with E-state index in [0.717, 1.165) is 6.42 Å². The fourth-order valence-electron chi connectivity index (χ4n) is 3.33. The predicted octanol–water partition coefficient (Wildman–Crippen LogP) is 2.84. The number of hydrogen-bond acceptors (Lipinski definition) is 8. The van der Waals surface area contributed by atoms with Gasteiger partial charge in [-0.05, 0) is 32.3 Å². The van der Waals surface area contributed by atoms with Gasteiger partial charge in [-0.25, -0.2) is 23.1 Å². The molecular weight excluding hydrogens is 414 g/mol. The SMILES string of the molecule is CC(O)c1ccn(-c2nc(NC3CCC(F)(F)CC3)cc(OOC(=O)N3CCC3)n2)n1. The lowest BCUT2D eigenvalue weighted by Gasteiger charge is -2.29. The van der Waals surface area contributed by atoms with Gasteiger partial charge in [0.1, 0.15) is 5.82 Å². The number of carbonyl (C=O) groups is 1. The van der Waals surface area contributed by atoms with Crippen LogP contribution in [-0.4, -0.2) is 60.9 Å². The van der Waals surface area contributed by atoms with Gasteiger partial charge in [0.2, 0.25) is 5.92 Å². The molecule has 0 spiro atoms. The first-order valence-corrected chi connectivity index (χ1v) is 10.2. The van der Waals surface area contributed by atoms with Gasteiger partial charge in [-0.15, -0.1) is 0 Å². The largest absolute Gasteiger partial charge is 0.452 e. The standard InChI is InChI=1S/C19H24F2N6O4/c1-12(28)14-5-10-27(25-14)17-23-15(22-13-3-6-19(20,21)7-4-13)11-16(24-17)30-31-18(29)26-8-2-9-26/h5,10-13,28H,2-4,6-9H2,1H3,(H,22,23,24). The number of nitrogens with one attached hydrogen (secondary N) is 1. The van der Waals surface area contributed by atoms with Crippen molar-refractivity contribution in [2.24, 2.45) is 0 Å². The predicted molar refractivity (Wildman–Crippen MR) is 104 cm³/mol. The molecule has 3 heterocycles. The summed E-state index contributed by atoms with van der Waals surface area (Å²) < 4.78 is 28.2. The highest BCUT2D eigenvalue weighted by Gasteiger charge is 2.35. The molecule has 1 aliphatic heterocycles. The van der Waals surface area contributed by atoms with Gasteiger partial charge in [-0.1, -0.05) is 0 Å². The summed E-state index contributed by atoms with van der Waals surface area (Å²) in [4.78, 5) is 31.9. The first kappa shape index (κ1) is 21.2. The number of anilines is 1. The van der Waals surface area contributed by atoms with Gasteiger partial charge in [-0.3, -0.25) is 4.89 Å². The second-order valence-electron chi connectivity index (χ2n) is 7.80. The van der Waals surface area contributed by atoms with E-state index in [0.29, 0.717) is 37.4 Å². The third-order valence-electron chi connectivity index (χ3n) is 5.32. The summed E-state index contributed by atoms with van der Waals surface area (Å²) in [5, 5.41) is 17.0. The maximum atomic E-state index is 13.5. The molecule has 1 saturated heterocycles. The Bertz CT molecular complexity index is 924. The quantitative estimate of drug-likeness (QED) is 0.523. The number of aliphatic hydroxyl groups is 1. The molecule has 31 heavy (non-hydrogen) atoms. The smallest absolute Gasteiger partial charge is 0.387 e. The Morgan fingerprint density at radius 1 is 1.32 bits per heavy atom. The summed E-state index contributed by atoms with van der Waals surface area (Å²) in [5.41, 5.74) is 0.420. The molecule has 0 aromatic carbocycles. The van der Waals surface area contributed by atoms with E-state index < -0.39 is 18.1 Å². The zero-order valence-corrected chi connectivity index (χ0v) is 17.0. The number of likely N-dealkylation sites (tertiary alicyclic amines) is 1. The van der Waals surface area contributed by atoms with E-state index in [-0.39, 0.29) is 30.7 Å². The van der Waals surface area contributed by atoms with Crippen LogP contribution >= 0.6 is 0 Å². The summed E-state index contributed by atoms with van der Waals surface area (Å²) in [5.74, 6) is -2.25. The van der Waals surface area contributed by atoms with Gasteiger partial charge in [0, 0.05) is 44.2 Å². The monoisotopic (exact) mass is 438 g/mol. The van der Waals surface area contributed by atoms with E-state index in [1.54, 1.807) is 19.2 Å². The molecule has 2 N–H and O–H groups in total. The first-order chi connectivity index (χ1) is 14.8. The molecule has 168 valence electrons. The Balaban J connectivity index is 1.53. The van der Waals surface area contributed by atoms with Crippen molar-refractivity contribution >= 4 is 11.9 Å². The maximum absolute atomic E-state index is 13.5. The normalized spacial score (nSPS) is 19.4. The van der Waals surface area contributed by atoms with E-state index in [1.165, 1.54) is 15.6 Å². The van der Waals surface area contributed by atoms with Gasteiger partial charge in [-0.2, -0.15) is 15.1 Å². The lowest BCUT2D eigenvalue weighted by molar-refractivity contribution is -0.160. The van der Waals surface area contributed by atoms with Crippen molar-refractivity contribution in [2.45, 2.75) is 57.1 Å². The van der Waals surface area contributed by atoms with Crippen LogP contribution in [0.3, 0.4) is 0 Å². The molecule has 1 atom stereocenters. The summed E-state index contributed by atoms with van der Waals surface area (Å²) >= 11 is 0. The molecule has 1 unspecified atom stereocenters. The molecule has 4 rings (SSSR count). The van der Waals surface area contributed by atoms with Crippen LogP contribution in [0.4, 0.5) is 19.4 Å². The van der Waals surface area contributed by atoms with E-state index in [1.807, 2.05) is 0 Å². The second kappa shape index (κ2) is 8.61. The van der Waals surface area contributed by atoms with Gasteiger partial charge in [0.25, 0.3) is 11.8 Å². The molecular formula is C19H24F2N6O4. The average Bonchev–Trinajstić information content (AvgIpc) is 3.17. The summed E-state index contributed by atoms with van der Waals surface area (Å²) in [6.45, 7) is 2.78. The van der Waals surface area contributed by atoms with Crippen molar-refractivity contribution in [1.82, 2.24) is 24.6 Å². The van der Waals surface area contributed by atoms with E-state index in [2.05, 4.69) is 20.4 Å². The number of aliphatic hydroxyl groups excluding tert-OH is 1. The van der Waals surface area contributed by atoms with Crippen molar-refractivity contribution in [2.75, 3.05) is 18.4 Å². The highest BCUT2D eigenvalue weighted by atomic mass is 19.3. The minimum absolute atomic E-state index is 0.0448. The molecule has 2 fully saturated rings. The maximum Gasteiger partial charge on any atom is 0.452 e. The van der Waals surface area contributed by atoms with Crippen LogP contribution in [0.1, 0.15) is 50.8 Å². The average molecular weight is 438 g/mol. The molecule has 1 saturated carbocycles. The summed E-state index contributed by atoms with van der Waals surface area (Å²) in [7, 11) is 0. The van der Waals surface area contributed by atoms with E-state index in [4.69, 9.17) is 9.78 Å². The van der Waals surface area contributed by atoms with Crippen molar-refractivity contribution in [3.63, 3.8) is 0 Å². The van der Waals surface area contributed by atoms with Crippen LogP contribution in [0, 0.1) is 0 Å². The zero-order valence-electron chi connectivity index (χ0n) is 17.0. The molecule has 0 radical (unpaired) electrons. The third kappa shape index (κ3) is 5.19. The molecule has 2 aliphatic rings. The van der Waals surface area contributed by atoms with Gasteiger partial charge >= 0.3 is 6.09 Å². The Morgan fingerprint density at radius 2 is 2.06 bits per heavy atom. The minimum atomic E-state index is -2.64. The number of rotatable bonds is 6. The Labute approximate surface area is 177 Å². The van der Waals surface area contributed by atoms with Crippen LogP contribution in [0.25, 0.3) is 5.95 Å². The van der Waals surface area contributed by atoms with E-state index in [9.17, 15) is 18.7 Å².